The minimum Gasteiger partial charge on any atom is -0.497 e. The summed E-state index contributed by atoms with van der Waals surface area (Å²) in [6.45, 7) is 4.24. The first-order valence-corrected chi connectivity index (χ1v) is 9.69. The first-order valence-electron chi connectivity index (χ1n) is 8.70. The van der Waals surface area contributed by atoms with Crippen molar-refractivity contribution >= 4 is 17.7 Å². The third-order valence-corrected chi connectivity index (χ3v) is 5.02. The van der Waals surface area contributed by atoms with Gasteiger partial charge in [0, 0.05) is 5.56 Å². The standard InChI is InChI=1S/C21H22N2O3S/c1-4-26-20(24)14-27-21-22-13-19(16-9-11-17(25-3)12-10-16)23(21)18-8-6-5-7-15(18)2/h5-13H,4,14H2,1-3H3. The lowest BCUT2D eigenvalue weighted by Crippen LogP contribution is -2.08. The zero-order valence-electron chi connectivity index (χ0n) is 15.6. The van der Waals surface area contributed by atoms with Crippen LogP contribution in [0.5, 0.6) is 5.75 Å². The van der Waals surface area contributed by atoms with Crippen LogP contribution in [-0.2, 0) is 9.53 Å². The van der Waals surface area contributed by atoms with Crippen LogP contribution in [0, 0.1) is 6.92 Å². The van der Waals surface area contributed by atoms with Crippen LogP contribution in [-0.4, -0.2) is 35.0 Å². The van der Waals surface area contributed by atoms with Crippen molar-refractivity contribution in [2.75, 3.05) is 19.5 Å². The first-order chi connectivity index (χ1) is 13.1. The lowest BCUT2D eigenvalue weighted by atomic mass is 10.1. The van der Waals surface area contributed by atoms with Gasteiger partial charge in [0.1, 0.15) is 5.75 Å². The summed E-state index contributed by atoms with van der Waals surface area (Å²) in [5, 5.41) is 0.753. The van der Waals surface area contributed by atoms with E-state index < -0.39 is 0 Å². The van der Waals surface area contributed by atoms with E-state index in [1.54, 1.807) is 14.0 Å². The van der Waals surface area contributed by atoms with Crippen LogP contribution in [0.15, 0.2) is 59.9 Å². The van der Waals surface area contributed by atoms with Gasteiger partial charge in [-0.3, -0.25) is 9.36 Å². The van der Waals surface area contributed by atoms with Gasteiger partial charge in [-0.1, -0.05) is 30.0 Å². The Balaban J connectivity index is 2.03. The highest BCUT2D eigenvalue weighted by Crippen LogP contribution is 2.32. The van der Waals surface area contributed by atoms with Gasteiger partial charge in [-0.25, -0.2) is 4.98 Å². The summed E-state index contributed by atoms with van der Waals surface area (Å²) in [4.78, 5) is 16.4. The van der Waals surface area contributed by atoms with Gasteiger partial charge < -0.3 is 9.47 Å². The predicted molar refractivity (Wildman–Crippen MR) is 108 cm³/mol. The number of methoxy groups -OCH3 is 1. The fourth-order valence-corrected chi connectivity index (χ4v) is 3.56. The summed E-state index contributed by atoms with van der Waals surface area (Å²) < 4.78 is 12.4. The molecule has 3 rings (SSSR count). The topological polar surface area (TPSA) is 53.4 Å². The number of hydrogen-bond donors (Lipinski definition) is 0. The molecule has 0 spiro atoms. The maximum atomic E-state index is 11.8. The molecule has 0 amide bonds. The highest BCUT2D eigenvalue weighted by molar-refractivity contribution is 7.99. The molecule has 0 N–H and O–H groups in total. The average molecular weight is 382 g/mol. The number of carbonyl (C=O) groups excluding carboxylic acids is 1. The van der Waals surface area contributed by atoms with Crippen molar-refractivity contribution < 1.29 is 14.3 Å². The lowest BCUT2D eigenvalue weighted by molar-refractivity contribution is -0.139. The molecule has 6 heteroatoms. The van der Waals surface area contributed by atoms with E-state index in [9.17, 15) is 4.79 Å². The van der Waals surface area contributed by atoms with E-state index in [0.29, 0.717) is 6.61 Å². The largest absolute Gasteiger partial charge is 0.497 e. The second kappa shape index (κ2) is 8.77. The fourth-order valence-electron chi connectivity index (χ4n) is 2.78. The van der Waals surface area contributed by atoms with E-state index in [0.717, 1.165) is 33.4 Å². The molecule has 0 atom stereocenters. The van der Waals surface area contributed by atoms with Gasteiger partial charge in [0.05, 0.1) is 37.0 Å². The Bertz CT molecular complexity index is 919. The van der Waals surface area contributed by atoms with Crippen molar-refractivity contribution in [3.63, 3.8) is 0 Å². The third kappa shape index (κ3) is 4.34. The number of rotatable bonds is 7. The van der Waals surface area contributed by atoms with Crippen LogP contribution in [0.3, 0.4) is 0 Å². The summed E-state index contributed by atoms with van der Waals surface area (Å²) >= 11 is 1.37. The summed E-state index contributed by atoms with van der Waals surface area (Å²) in [5.41, 5.74) is 4.14. The number of esters is 1. The van der Waals surface area contributed by atoms with Gasteiger partial charge in [0.25, 0.3) is 0 Å². The number of thioether (sulfide) groups is 1. The number of nitrogens with zero attached hydrogens (tertiary/aromatic N) is 2. The highest BCUT2D eigenvalue weighted by Gasteiger charge is 2.17. The average Bonchev–Trinajstić information content (AvgIpc) is 3.11. The predicted octanol–water partition coefficient (Wildman–Crippen LogP) is 4.51. The van der Waals surface area contributed by atoms with E-state index >= 15 is 0 Å². The third-order valence-electron chi connectivity index (χ3n) is 4.10. The number of carbonyl (C=O) groups is 1. The summed E-state index contributed by atoms with van der Waals surface area (Å²) in [6.07, 6.45) is 1.84. The van der Waals surface area contributed by atoms with Crippen LogP contribution in [0.2, 0.25) is 0 Å². The Morgan fingerprint density at radius 3 is 2.56 bits per heavy atom. The van der Waals surface area contributed by atoms with Gasteiger partial charge in [0.2, 0.25) is 0 Å². The number of aryl methyl sites for hydroxylation is 1. The molecular weight excluding hydrogens is 360 g/mol. The van der Waals surface area contributed by atoms with Gasteiger partial charge in [0.15, 0.2) is 5.16 Å². The molecule has 2 aromatic carbocycles. The summed E-state index contributed by atoms with van der Waals surface area (Å²) in [7, 11) is 1.65. The van der Waals surface area contributed by atoms with Crippen LogP contribution >= 0.6 is 11.8 Å². The molecule has 0 saturated carbocycles. The number of imidazole rings is 1. The van der Waals surface area contributed by atoms with Crippen molar-refractivity contribution in [1.29, 1.82) is 0 Å². The maximum Gasteiger partial charge on any atom is 0.316 e. The fraction of sp³-hybridized carbons (Fsp3) is 0.238. The molecule has 0 bridgehead atoms. The van der Waals surface area contributed by atoms with E-state index in [-0.39, 0.29) is 11.7 Å². The molecule has 0 radical (unpaired) electrons. The molecule has 0 fully saturated rings. The van der Waals surface area contributed by atoms with Crippen molar-refractivity contribution in [2.24, 2.45) is 0 Å². The Morgan fingerprint density at radius 2 is 1.89 bits per heavy atom. The molecule has 0 saturated heterocycles. The van der Waals surface area contributed by atoms with E-state index in [2.05, 4.69) is 28.6 Å². The molecule has 5 nitrogen and oxygen atoms in total. The normalized spacial score (nSPS) is 10.6. The minimum atomic E-state index is -0.243. The Kier molecular flexibility index (Phi) is 6.19. The summed E-state index contributed by atoms with van der Waals surface area (Å²) in [6, 6.07) is 16.0. The Hall–Kier alpha value is -2.73. The Morgan fingerprint density at radius 1 is 1.15 bits per heavy atom. The smallest absolute Gasteiger partial charge is 0.316 e. The van der Waals surface area contributed by atoms with Gasteiger partial charge in [-0.2, -0.15) is 0 Å². The number of ether oxygens (including phenoxy) is 2. The molecule has 1 heterocycles. The van der Waals surface area contributed by atoms with Crippen molar-refractivity contribution in [2.45, 2.75) is 19.0 Å². The quantitative estimate of drug-likeness (QED) is 0.444. The van der Waals surface area contributed by atoms with Gasteiger partial charge in [-0.15, -0.1) is 0 Å². The molecule has 140 valence electrons. The van der Waals surface area contributed by atoms with E-state index in [1.807, 2.05) is 42.6 Å². The molecule has 3 aromatic rings. The molecule has 1 aromatic heterocycles. The van der Waals surface area contributed by atoms with Crippen LogP contribution < -0.4 is 4.74 Å². The van der Waals surface area contributed by atoms with Crippen LogP contribution in [0.1, 0.15) is 12.5 Å². The van der Waals surface area contributed by atoms with Crippen LogP contribution in [0.25, 0.3) is 16.9 Å². The monoisotopic (exact) mass is 382 g/mol. The van der Waals surface area contributed by atoms with Gasteiger partial charge in [-0.05, 0) is 49.7 Å². The van der Waals surface area contributed by atoms with Crippen molar-refractivity contribution in [1.82, 2.24) is 9.55 Å². The SMILES string of the molecule is CCOC(=O)CSc1ncc(-c2ccc(OC)cc2)n1-c1ccccc1C. The van der Waals surface area contributed by atoms with E-state index in [1.165, 1.54) is 11.8 Å². The van der Waals surface area contributed by atoms with E-state index in [4.69, 9.17) is 9.47 Å². The first kappa shape index (κ1) is 19.0. The molecular formula is C21H22N2O3S. The second-order valence-electron chi connectivity index (χ2n) is 5.87. The second-order valence-corrected chi connectivity index (χ2v) is 6.81. The molecule has 0 aliphatic carbocycles. The molecule has 27 heavy (non-hydrogen) atoms. The van der Waals surface area contributed by atoms with Gasteiger partial charge >= 0.3 is 5.97 Å². The van der Waals surface area contributed by atoms with Crippen molar-refractivity contribution in [3.8, 4) is 22.7 Å². The zero-order valence-corrected chi connectivity index (χ0v) is 16.5. The number of para-hydroxylation sites is 1. The number of benzene rings is 2. The zero-order chi connectivity index (χ0) is 19.2. The minimum absolute atomic E-state index is 0.221. The van der Waals surface area contributed by atoms with Crippen molar-refractivity contribution in [3.05, 3.63) is 60.3 Å². The molecule has 0 aliphatic heterocycles. The van der Waals surface area contributed by atoms with Crippen LogP contribution in [0.4, 0.5) is 0 Å². The molecule has 0 aliphatic rings. The summed E-state index contributed by atoms with van der Waals surface area (Å²) in [5.74, 6) is 0.782. The highest BCUT2D eigenvalue weighted by atomic mass is 32.2. The Labute approximate surface area is 163 Å². The molecule has 0 unspecified atom stereocenters. The number of hydrogen-bond acceptors (Lipinski definition) is 5. The maximum absolute atomic E-state index is 11.8. The number of aromatic nitrogens is 2. The lowest BCUT2D eigenvalue weighted by Gasteiger charge is -2.14.